The van der Waals surface area contributed by atoms with Gasteiger partial charge in [-0.15, -0.1) is 12.4 Å². The second-order valence-corrected chi connectivity index (χ2v) is 5.80. The smallest absolute Gasteiger partial charge is 0.0234 e. The average Bonchev–Trinajstić information content (AvgIpc) is 2.34. The summed E-state index contributed by atoms with van der Waals surface area (Å²) in [6, 6.07) is 7.33. The predicted molar refractivity (Wildman–Crippen MR) is 83.5 cm³/mol. The van der Waals surface area contributed by atoms with Gasteiger partial charge in [-0.1, -0.05) is 28.1 Å². The Balaban J connectivity index is 0.00000162. The van der Waals surface area contributed by atoms with E-state index in [9.17, 15) is 0 Å². The van der Waals surface area contributed by atoms with Gasteiger partial charge in [0.25, 0.3) is 0 Å². The van der Waals surface area contributed by atoms with Crippen LogP contribution in [0.2, 0.25) is 0 Å². The number of halogens is 2. The lowest BCUT2D eigenvalue weighted by Gasteiger charge is -2.32. The van der Waals surface area contributed by atoms with E-state index in [2.05, 4.69) is 58.3 Å². The van der Waals surface area contributed by atoms with Gasteiger partial charge in [0.15, 0.2) is 0 Å². The SMILES string of the molecule is CNC1CCCN(Cc2ccc(Br)c(C)c2)C1.Cl. The van der Waals surface area contributed by atoms with Crippen molar-refractivity contribution >= 4 is 28.3 Å². The van der Waals surface area contributed by atoms with Gasteiger partial charge >= 0.3 is 0 Å². The highest BCUT2D eigenvalue weighted by molar-refractivity contribution is 9.10. The Kier molecular flexibility index (Phi) is 6.64. The minimum Gasteiger partial charge on any atom is -0.316 e. The molecule has 1 unspecified atom stereocenters. The van der Waals surface area contributed by atoms with E-state index in [-0.39, 0.29) is 12.4 Å². The monoisotopic (exact) mass is 332 g/mol. The van der Waals surface area contributed by atoms with E-state index in [1.165, 1.54) is 41.5 Å². The fourth-order valence-electron chi connectivity index (χ4n) is 2.50. The summed E-state index contributed by atoms with van der Waals surface area (Å²) >= 11 is 3.55. The number of likely N-dealkylation sites (N-methyl/N-ethyl adjacent to an activating group) is 1. The summed E-state index contributed by atoms with van der Waals surface area (Å²) in [5.74, 6) is 0. The number of piperidine rings is 1. The van der Waals surface area contributed by atoms with Crippen LogP contribution in [0.3, 0.4) is 0 Å². The minimum absolute atomic E-state index is 0. The maximum Gasteiger partial charge on any atom is 0.0234 e. The van der Waals surface area contributed by atoms with E-state index < -0.39 is 0 Å². The minimum atomic E-state index is 0. The molecular weight excluding hydrogens is 312 g/mol. The molecule has 1 aliphatic rings. The number of nitrogens with zero attached hydrogens (tertiary/aromatic N) is 1. The lowest BCUT2D eigenvalue weighted by Crippen LogP contribution is -2.43. The Morgan fingerprint density at radius 3 is 2.89 bits per heavy atom. The third-order valence-corrected chi connectivity index (χ3v) is 4.43. The summed E-state index contributed by atoms with van der Waals surface area (Å²) < 4.78 is 1.20. The molecule has 0 spiro atoms. The summed E-state index contributed by atoms with van der Waals surface area (Å²) in [6.45, 7) is 5.63. The molecule has 0 radical (unpaired) electrons. The van der Waals surface area contributed by atoms with E-state index in [0.717, 1.165) is 6.54 Å². The van der Waals surface area contributed by atoms with Gasteiger partial charge in [-0.3, -0.25) is 4.90 Å². The van der Waals surface area contributed by atoms with Gasteiger partial charge < -0.3 is 5.32 Å². The van der Waals surface area contributed by atoms with Gasteiger partial charge in [-0.25, -0.2) is 0 Å². The molecule has 0 amide bonds. The van der Waals surface area contributed by atoms with Crippen molar-refractivity contribution < 1.29 is 0 Å². The lowest BCUT2D eigenvalue weighted by atomic mass is 10.0. The van der Waals surface area contributed by atoms with Gasteiger partial charge in [-0.2, -0.15) is 0 Å². The molecule has 1 atom stereocenters. The Morgan fingerprint density at radius 1 is 1.44 bits per heavy atom. The summed E-state index contributed by atoms with van der Waals surface area (Å²) in [5.41, 5.74) is 2.74. The molecule has 1 fully saturated rings. The summed E-state index contributed by atoms with van der Waals surface area (Å²) in [7, 11) is 2.07. The highest BCUT2D eigenvalue weighted by Crippen LogP contribution is 2.19. The number of aryl methyl sites for hydroxylation is 1. The normalized spacial score (nSPS) is 20.5. The van der Waals surface area contributed by atoms with E-state index in [4.69, 9.17) is 0 Å². The summed E-state index contributed by atoms with van der Waals surface area (Å²) in [5, 5.41) is 3.39. The maximum atomic E-state index is 3.55. The molecule has 0 saturated carbocycles. The van der Waals surface area contributed by atoms with Crippen molar-refractivity contribution in [1.29, 1.82) is 0 Å². The molecule has 1 heterocycles. The van der Waals surface area contributed by atoms with Gasteiger partial charge in [0, 0.05) is 23.6 Å². The van der Waals surface area contributed by atoms with Crippen LogP contribution in [0.25, 0.3) is 0 Å². The van der Waals surface area contributed by atoms with E-state index in [0.29, 0.717) is 6.04 Å². The molecule has 1 aliphatic heterocycles. The fourth-order valence-corrected chi connectivity index (χ4v) is 2.74. The zero-order valence-corrected chi connectivity index (χ0v) is 13.5. The molecule has 0 aromatic heterocycles. The Hall–Kier alpha value is -0.0900. The van der Waals surface area contributed by atoms with Gasteiger partial charge in [0.05, 0.1) is 0 Å². The second-order valence-electron chi connectivity index (χ2n) is 4.95. The first-order valence-corrected chi connectivity index (χ1v) is 7.13. The Morgan fingerprint density at radius 2 is 2.22 bits per heavy atom. The predicted octanol–water partition coefficient (Wildman–Crippen LogP) is 3.36. The molecule has 1 aromatic rings. The number of nitrogens with one attached hydrogen (secondary N) is 1. The van der Waals surface area contributed by atoms with Crippen LogP contribution in [0.1, 0.15) is 24.0 Å². The third kappa shape index (κ3) is 4.23. The molecule has 0 bridgehead atoms. The largest absolute Gasteiger partial charge is 0.316 e. The highest BCUT2D eigenvalue weighted by atomic mass is 79.9. The van der Waals surface area contributed by atoms with Crippen LogP contribution in [0.5, 0.6) is 0 Å². The quantitative estimate of drug-likeness (QED) is 0.912. The van der Waals surface area contributed by atoms with Crippen LogP contribution in [-0.4, -0.2) is 31.1 Å². The molecule has 1 aromatic carbocycles. The molecule has 1 saturated heterocycles. The zero-order chi connectivity index (χ0) is 12.3. The topological polar surface area (TPSA) is 15.3 Å². The van der Waals surface area contributed by atoms with Crippen LogP contribution in [-0.2, 0) is 6.54 Å². The Bertz CT molecular complexity index is 384. The molecule has 2 nitrogen and oxygen atoms in total. The van der Waals surface area contributed by atoms with Crippen molar-refractivity contribution in [3.63, 3.8) is 0 Å². The van der Waals surface area contributed by atoms with Crippen LogP contribution in [0.4, 0.5) is 0 Å². The van der Waals surface area contributed by atoms with Crippen LogP contribution < -0.4 is 5.32 Å². The van der Waals surface area contributed by atoms with Crippen LogP contribution in [0, 0.1) is 6.92 Å². The lowest BCUT2D eigenvalue weighted by molar-refractivity contribution is 0.188. The Labute approximate surface area is 125 Å². The molecule has 4 heteroatoms. The van der Waals surface area contributed by atoms with Crippen molar-refractivity contribution in [3.8, 4) is 0 Å². The highest BCUT2D eigenvalue weighted by Gasteiger charge is 2.18. The number of hydrogen-bond donors (Lipinski definition) is 1. The van der Waals surface area contributed by atoms with E-state index in [1.807, 2.05) is 0 Å². The van der Waals surface area contributed by atoms with Crippen molar-refractivity contribution in [1.82, 2.24) is 10.2 Å². The maximum absolute atomic E-state index is 3.55. The standard InChI is InChI=1S/C14H21BrN2.ClH/c1-11-8-12(5-6-14(11)15)9-17-7-3-4-13(10-17)16-2;/h5-6,8,13,16H,3-4,7,9-10H2,1-2H3;1H. The van der Waals surface area contributed by atoms with Crippen molar-refractivity contribution in [2.45, 2.75) is 32.4 Å². The number of benzene rings is 1. The second kappa shape index (κ2) is 7.49. The third-order valence-electron chi connectivity index (χ3n) is 3.54. The van der Waals surface area contributed by atoms with Crippen LogP contribution >= 0.6 is 28.3 Å². The van der Waals surface area contributed by atoms with Gasteiger partial charge in [-0.05, 0) is 50.6 Å². The summed E-state index contributed by atoms with van der Waals surface area (Å²) in [4.78, 5) is 2.55. The first-order chi connectivity index (χ1) is 8.19. The van der Waals surface area contributed by atoms with Gasteiger partial charge in [0.2, 0.25) is 0 Å². The fraction of sp³-hybridized carbons (Fsp3) is 0.571. The molecule has 1 N–H and O–H groups in total. The van der Waals surface area contributed by atoms with Crippen molar-refractivity contribution in [2.75, 3.05) is 20.1 Å². The molecule has 102 valence electrons. The number of rotatable bonds is 3. The van der Waals surface area contributed by atoms with Crippen LogP contribution in [0.15, 0.2) is 22.7 Å². The van der Waals surface area contributed by atoms with Gasteiger partial charge in [0.1, 0.15) is 0 Å². The molecular formula is C14H22BrClN2. The molecule has 2 rings (SSSR count). The number of likely N-dealkylation sites (tertiary alicyclic amines) is 1. The number of hydrogen-bond acceptors (Lipinski definition) is 2. The summed E-state index contributed by atoms with van der Waals surface area (Å²) in [6.07, 6.45) is 2.62. The van der Waals surface area contributed by atoms with E-state index in [1.54, 1.807) is 0 Å². The average molecular weight is 334 g/mol. The first-order valence-electron chi connectivity index (χ1n) is 6.33. The van der Waals surface area contributed by atoms with E-state index >= 15 is 0 Å². The molecule has 18 heavy (non-hydrogen) atoms. The van der Waals surface area contributed by atoms with Crippen molar-refractivity contribution in [3.05, 3.63) is 33.8 Å². The first kappa shape index (κ1) is 16.0. The zero-order valence-electron chi connectivity index (χ0n) is 11.1. The van der Waals surface area contributed by atoms with Crippen molar-refractivity contribution in [2.24, 2.45) is 0 Å². The molecule has 0 aliphatic carbocycles.